The van der Waals surface area contributed by atoms with E-state index in [1.807, 2.05) is 30.3 Å². The second-order valence-electron chi connectivity index (χ2n) is 5.50. The van der Waals surface area contributed by atoms with Crippen LogP contribution in [0.15, 0.2) is 36.4 Å². The van der Waals surface area contributed by atoms with Crippen LogP contribution in [-0.4, -0.2) is 35.2 Å². The average molecular weight is 363 g/mol. The van der Waals surface area contributed by atoms with Crippen LogP contribution in [0.3, 0.4) is 0 Å². The molecule has 0 radical (unpaired) electrons. The van der Waals surface area contributed by atoms with Gasteiger partial charge in [-0.15, -0.1) is 0 Å². The number of halogens is 1. The highest BCUT2D eigenvalue weighted by Crippen LogP contribution is 2.31. The van der Waals surface area contributed by atoms with Crippen LogP contribution < -0.4 is 10.6 Å². The molecule has 0 unspecified atom stereocenters. The molecule has 0 saturated carbocycles. The van der Waals surface area contributed by atoms with Gasteiger partial charge in [0.05, 0.1) is 16.3 Å². The molecule has 0 aliphatic rings. The number of benzene rings is 2. The molecule has 2 aromatic rings. The summed E-state index contributed by atoms with van der Waals surface area (Å²) in [6.45, 7) is 3.13. The molecular weight excluding hydrogens is 344 g/mol. The molecule has 25 heavy (non-hydrogen) atoms. The number of anilines is 1. The van der Waals surface area contributed by atoms with E-state index in [2.05, 4.69) is 10.6 Å². The van der Waals surface area contributed by atoms with Gasteiger partial charge in [-0.3, -0.25) is 0 Å². The first kappa shape index (κ1) is 18.8. The summed E-state index contributed by atoms with van der Waals surface area (Å²) in [4.78, 5) is 23.0. The summed E-state index contributed by atoms with van der Waals surface area (Å²) in [5.41, 5.74) is 1.25. The third-order valence-electron chi connectivity index (χ3n) is 3.68. The number of hydrogen-bond donors (Lipinski definition) is 4. The Kier molecular flexibility index (Phi) is 6.38. The minimum absolute atomic E-state index is 0.00902. The lowest BCUT2D eigenvalue weighted by Crippen LogP contribution is -2.24. The maximum absolute atomic E-state index is 11.5. The first-order valence-electron chi connectivity index (χ1n) is 7.70. The molecule has 0 atom stereocenters. The molecule has 0 aliphatic heterocycles. The minimum Gasteiger partial charge on any atom is -0.478 e. The van der Waals surface area contributed by atoms with Crippen molar-refractivity contribution in [3.05, 3.63) is 63.7 Å². The molecule has 2 aromatic carbocycles. The molecule has 0 fully saturated rings. The molecule has 0 aromatic heterocycles. The van der Waals surface area contributed by atoms with Crippen molar-refractivity contribution in [1.82, 2.24) is 5.32 Å². The van der Waals surface area contributed by atoms with Gasteiger partial charge in [0.25, 0.3) is 0 Å². The highest BCUT2D eigenvalue weighted by molar-refractivity contribution is 6.34. The maximum atomic E-state index is 11.5. The lowest BCUT2D eigenvalue weighted by Gasteiger charge is -2.16. The smallest absolute Gasteiger partial charge is 0.339 e. The van der Waals surface area contributed by atoms with Crippen LogP contribution in [0, 0.1) is 6.92 Å². The number of hydrogen-bond acceptors (Lipinski definition) is 4. The van der Waals surface area contributed by atoms with Gasteiger partial charge < -0.3 is 20.8 Å². The third-order valence-corrected chi connectivity index (χ3v) is 3.98. The Morgan fingerprint density at radius 2 is 1.68 bits per heavy atom. The number of carboxylic acid groups (broad SMARTS) is 2. The molecule has 7 heteroatoms. The largest absolute Gasteiger partial charge is 0.478 e. The molecule has 0 saturated heterocycles. The predicted molar refractivity (Wildman–Crippen MR) is 96.7 cm³/mol. The van der Waals surface area contributed by atoms with Gasteiger partial charge in [0.1, 0.15) is 5.56 Å². The van der Waals surface area contributed by atoms with Crippen molar-refractivity contribution in [1.29, 1.82) is 0 Å². The summed E-state index contributed by atoms with van der Waals surface area (Å²) in [6, 6.07) is 11.2. The maximum Gasteiger partial charge on any atom is 0.339 e. The molecule has 0 bridgehead atoms. The summed E-state index contributed by atoms with van der Waals surface area (Å²) in [7, 11) is 0. The van der Waals surface area contributed by atoms with Gasteiger partial charge in [-0.2, -0.15) is 0 Å². The number of carboxylic acids is 2. The first-order chi connectivity index (χ1) is 11.9. The van der Waals surface area contributed by atoms with Crippen LogP contribution in [0.1, 0.15) is 31.8 Å². The first-order valence-corrected chi connectivity index (χ1v) is 8.07. The van der Waals surface area contributed by atoms with Gasteiger partial charge in [0.2, 0.25) is 0 Å². The molecule has 6 nitrogen and oxygen atoms in total. The van der Waals surface area contributed by atoms with Crippen molar-refractivity contribution in [2.75, 3.05) is 18.4 Å². The standard InChI is InChI=1S/C18H19ClN2O4/c1-11-9-13(19)15(18(24)25)16(14(11)17(22)23)21-8-7-20-10-12-5-3-2-4-6-12/h2-6,9,20-21H,7-8,10H2,1H3,(H,22,23)(H,24,25). The molecule has 0 aliphatic carbocycles. The summed E-state index contributed by atoms with van der Waals surface area (Å²) in [5, 5.41) is 24.9. The normalized spacial score (nSPS) is 10.5. The molecule has 0 spiro atoms. The van der Waals surface area contributed by atoms with E-state index in [-0.39, 0.29) is 21.8 Å². The third kappa shape index (κ3) is 4.71. The Labute approximate surface area is 150 Å². The Bertz CT molecular complexity index is 740. The van der Waals surface area contributed by atoms with Crippen LogP contribution in [0.4, 0.5) is 5.69 Å². The fourth-order valence-electron chi connectivity index (χ4n) is 2.54. The van der Waals surface area contributed by atoms with Gasteiger partial charge >= 0.3 is 11.9 Å². The van der Waals surface area contributed by atoms with Crippen LogP contribution in [-0.2, 0) is 6.54 Å². The van der Waals surface area contributed by atoms with E-state index in [9.17, 15) is 19.8 Å². The fourth-order valence-corrected chi connectivity index (χ4v) is 2.88. The molecule has 4 N–H and O–H groups in total. The average Bonchev–Trinajstić information content (AvgIpc) is 2.54. The summed E-state index contributed by atoms with van der Waals surface area (Å²) in [6.07, 6.45) is 0. The van der Waals surface area contributed by atoms with Crippen molar-refractivity contribution in [2.45, 2.75) is 13.5 Å². The van der Waals surface area contributed by atoms with Crippen molar-refractivity contribution >= 4 is 29.2 Å². The highest BCUT2D eigenvalue weighted by Gasteiger charge is 2.24. The van der Waals surface area contributed by atoms with Gasteiger partial charge in [0, 0.05) is 19.6 Å². The zero-order valence-corrected chi connectivity index (χ0v) is 14.4. The molecule has 2 rings (SSSR count). The van der Waals surface area contributed by atoms with Crippen molar-refractivity contribution in [3.8, 4) is 0 Å². The van der Waals surface area contributed by atoms with E-state index in [4.69, 9.17) is 11.6 Å². The second kappa shape index (κ2) is 8.50. The van der Waals surface area contributed by atoms with Crippen LogP contribution in [0.25, 0.3) is 0 Å². The van der Waals surface area contributed by atoms with Crippen LogP contribution >= 0.6 is 11.6 Å². The quantitative estimate of drug-likeness (QED) is 0.538. The Hall–Kier alpha value is -2.57. The van der Waals surface area contributed by atoms with Gasteiger partial charge in [-0.25, -0.2) is 9.59 Å². The molecule has 132 valence electrons. The SMILES string of the molecule is Cc1cc(Cl)c(C(=O)O)c(NCCNCc2ccccc2)c1C(=O)O. The van der Waals surface area contributed by atoms with Crippen molar-refractivity contribution in [3.63, 3.8) is 0 Å². The fraction of sp³-hybridized carbons (Fsp3) is 0.222. The van der Waals surface area contributed by atoms with Gasteiger partial charge in [-0.1, -0.05) is 41.9 Å². The van der Waals surface area contributed by atoms with Crippen molar-refractivity contribution < 1.29 is 19.8 Å². The molecule has 0 amide bonds. The zero-order chi connectivity index (χ0) is 18.4. The Balaban J connectivity index is 2.09. The lowest BCUT2D eigenvalue weighted by atomic mass is 10.0. The predicted octanol–water partition coefficient (Wildman–Crippen LogP) is 3.25. The highest BCUT2D eigenvalue weighted by atomic mass is 35.5. The van der Waals surface area contributed by atoms with E-state index in [1.165, 1.54) is 6.07 Å². The van der Waals surface area contributed by atoms with Gasteiger partial charge in [0.15, 0.2) is 0 Å². The summed E-state index contributed by atoms with van der Waals surface area (Å²) >= 11 is 6.00. The van der Waals surface area contributed by atoms with E-state index >= 15 is 0 Å². The zero-order valence-electron chi connectivity index (χ0n) is 13.7. The summed E-state index contributed by atoms with van der Waals surface area (Å²) < 4.78 is 0. The number of nitrogens with one attached hydrogen (secondary N) is 2. The van der Waals surface area contributed by atoms with E-state index in [1.54, 1.807) is 6.92 Å². The van der Waals surface area contributed by atoms with Crippen molar-refractivity contribution in [2.24, 2.45) is 0 Å². The van der Waals surface area contributed by atoms with Gasteiger partial charge in [-0.05, 0) is 24.1 Å². The number of aryl methyl sites for hydroxylation is 1. The van der Waals surface area contributed by atoms with E-state index < -0.39 is 11.9 Å². The van der Waals surface area contributed by atoms with E-state index in [0.717, 1.165) is 5.56 Å². The lowest BCUT2D eigenvalue weighted by molar-refractivity contribution is 0.0695. The number of rotatable bonds is 8. The summed E-state index contributed by atoms with van der Waals surface area (Å²) in [5.74, 6) is -2.47. The van der Waals surface area contributed by atoms with Crippen LogP contribution in [0.5, 0.6) is 0 Å². The number of carbonyl (C=O) groups is 2. The molecular formula is C18H19ClN2O4. The number of aromatic carboxylic acids is 2. The minimum atomic E-state index is -1.27. The second-order valence-corrected chi connectivity index (χ2v) is 5.91. The monoisotopic (exact) mass is 362 g/mol. The topological polar surface area (TPSA) is 98.7 Å². The Morgan fingerprint density at radius 3 is 2.28 bits per heavy atom. The van der Waals surface area contributed by atoms with Crippen LogP contribution in [0.2, 0.25) is 5.02 Å². The molecule has 0 heterocycles. The Morgan fingerprint density at radius 1 is 1.04 bits per heavy atom. The van der Waals surface area contributed by atoms with E-state index in [0.29, 0.717) is 25.2 Å².